The van der Waals surface area contributed by atoms with Crippen LogP contribution in [0, 0.1) is 5.41 Å². The number of fused-ring (bicyclic) bond motifs is 1. The number of ether oxygens (including phenoxy) is 2. The number of hydrogen-bond acceptors (Lipinski definition) is 8. The largest absolute Gasteiger partial charge is 0.464 e. The molecule has 1 unspecified atom stereocenters. The number of hydrazine groups is 1. The third-order valence-corrected chi connectivity index (χ3v) is 9.13. The van der Waals surface area contributed by atoms with Gasteiger partial charge in [-0.1, -0.05) is 32.6 Å². The molecule has 2 aliphatic heterocycles. The Morgan fingerprint density at radius 1 is 1.23 bits per heavy atom. The maximum atomic E-state index is 12.9. The average Bonchev–Trinajstić information content (AvgIpc) is 3.35. The van der Waals surface area contributed by atoms with Gasteiger partial charge in [-0.3, -0.25) is 15.2 Å². The van der Waals surface area contributed by atoms with Gasteiger partial charge in [-0.05, 0) is 69.5 Å². The van der Waals surface area contributed by atoms with E-state index in [9.17, 15) is 4.79 Å². The monoisotopic (exact) mass is 602 g/mol. The van der Waals surface area contributed by atoms with Crippen LogP contribution in [0.2, 0.25) is 0 Å². The van der Waals surface area contributed by atoms with Crippen LogP contribution in [0.5, 0.6) is 0 Å². The molecule has 9 nitrogen and oxygen atoms in total. The lowest BCUT2D eigenvalue weighted by atomic mass is 9.84. The Balaban J connectivity index is 1.61. The first-order chi connectivity index (χ1) is 21.2. The third kappa shape index (κ3) is 6.86. The lowest BCUT2D eigenvalue weighted by Gasteiger charge is -2.34. The predicted octanol–water partition coefficient (Wildman–Crippen LogP) is 5.19. The zero-order chi connectivity index (χ0) is 31.4. The molecule has 2 N–H and O–H groups in total. The Bertz CT molecular complexity index is 1470. The summed E-state index contributed by atoms with van der Waals surface area (Å²) in [6, 6.07) is 8.58. The molecule has 0 saturated carbocycles. The fraction of sp³-hybridized carbons (Fsp3) is 0.543. The van der Waals surface area contributed by atoms with Gasteiger partial charge in [-0.2, -0.15) is 0 Å². The normalized spacial score (nSPS) is 18.9. The van der Waals surface area contributed by atoms with Crippen molar-refractivity contribution >= 4 is 28.6 Å². The van der Waals surface area contributed by atoms with Crippen LogP contribution in [0.1, 0.15) is 63.5 Å². The summed E-state index contributed by atoms with van der Waals surface area (Å²) in [5, 5.41) is 1.19. The minimum absolute atomic E-state index is 0.183. The second-order valence-electron chi connectivity index (χ2n) is 13.1. The number of carbonyl (C=O) groups is 1. The molecule has 4 heterocycles. The quantitative estimate of drug-likeness (QED) is 0.290. The zero-order valence-electron chi connectivity index (χ0n) is 27.4. The highest BCUT2D eigenvalue weighted by Gasteiger charge is 2.31. The lowest BCUT2D eigenvalue weighted by molar-refractivity contribution is -0.150. The van der Waals surface area contributed by atoms with E-state index in [1.54, 1.807) is 7.11 Å². The SMILES string of the molecule is C=Cc1ccc2c(c1)c(CC(C)(C)COC(=O)C1CCCNN1)c(-c1cc(N3CCN(C)CC3)cnc1[C@H](C)OC)n2CC. The van der Waals surface area contributed by atoms with Crippen molar-refractivity contribution in [3.05, 3.63) is 53.9 Å². The van der Waals surface area contributed by atoms with E-state index in [4.69, 9.17) is 14.5 Å². The van der Waals surface area contributed by atoms with E-state index in [1.807, 2.05) is 12.3 Å². The summed E-state index contributed by atoms with van der Waals surface area (Å²) in [6.45, 7) is 18.6. The first kappa shape index (κ1) is 32.2. The van der Waals surface area contributed by atoms with E-state index in [0.717, 1.165) is 86.7 Å². The van der Waals surface area contributed by atoms with Crippen LogP contribution < -0.4 is 15.8 Å². The molecule has 0 aliphatic carbocycles. The molecular formula is C35H50N6O3. The van der Waals surface area contributed by atoms with Gasteiger partial charge in [0, 0.05) is 68.3 Å². The van der Waals surface area contributed by atoms with Crippen molar-refractivity contribution in [3.8, 4) is 11.3 Å². The molecule has 3 aromatic rings. The number of benzene rings is 1. The number of pyridine rings is 1. The molecule has 44 heavy (non-hydrogen) atoms. The summed E-state index contributed by atoms with van der Waals surface area (Å²) in [5.74, 6) is -0.198. The molecule has 238 valence electrons. The smallest absolute Gasteiger partial charge is 0.324 e. The summed E-state index contributed by atoms with van der Waals surface area (Å²) in [7, 11) is 3.92. The predicted molar refractivity (Wildman–Crippen MR) is 179 cm³/mol. The zero-order valence-corrected chi connectivity index (χ0v) is 27.4. The number of piperazine rings is 1. The third-order valence-electron chi connectivity index (χ3n) is 9.13. The second-order valence-corrected chi connectivity index (χ2v) is 13.1. The van der Waals surface area contributed by atoms with Gasteiger partial charge in [-0.25, -0.2) is 5.43 Å². The van der Waals surface area contributed by atoms with Gasteiger partial charge >= 0.3 is 5.97 Å². The van der Waals surface area contributed by atoms with Gasteiger partial charge in [0.1, 0.15) is 6.04 Å². The lowest BCUT2D eigenvalue weighted by Crippen LogP contribution is -2.50. The molecule has 0 spiro atoms. The van der Waals surface area contributed by atoms with Crippen molar-refractivity contribution < 1.29 is 14.3 Å². The molecule has 2 aromatic heterocycles. The Morgan fingerprint density at radius 2 is 2.00 bits per heavy atom. The maximum Gasteiger partial charge on any atom is 0.324 e. The number of esters is 1. The summed E-state index contributed by atoms with van der Waals surface area (Å²) in [5.41, 5.74) is 13.6. The minimum atomic E-state index is -0.320. The highest BCUT2D eigenvalue weighted by atomic mass is 16.5. The summed E-state index contributed by atoms with van der Waals surface area (Å²) < 4.78 is 14.2. The van der Waals surface area contributed by atoms with E-state index in [0.29, 0.717) is 6.61 Å². The number of carbonyl (C=O) groups excluding carboxylic acids is 1. The Hall–Kier alpha value is -3.24. The van der Waals surface area contributed by atoms with Crippen molar-refractivity contribution in [2.75, 3.05) is 58.4 Å². The fourth-order valence-electron chi connectivity index (χ4n) is 6.45. The number of aryl methyl sites for hydroxylation is 1. The number of anilines is 1. The minimum Gasteiger partial charge on any atom is -0.464 e. The van der Waals surface area contributed by atoms with Crippen molar-refractivity contribution in [1.29, 1.82) is 0 Å². The molecule has 0 radical (unpaired) electrons. The number of methoxy groups -OCH3 is 1. The number of nitrogens with one attached hydrogen (secondary N) is 2. The molecule has 2 fully saturated rings. The van der Waals surface area contributed by atoms with Crippen molar-refractivity contribution in [1.82, 2.24) is 25.3 Å². The fourth-order valence-corrected chi connectivity index (χ4v) is 6.45. The molecule has 5 rings (SSSR count). The molecule has 0 bridgehead atoms. The maximum absolute atomic E-state index is 12.9. The molecule has 0 amide bonds. The van der Waals surface area contributed by atoms with E-state index in [-0.39, 0.29) is 23.5 Å². The van der Waals surface area contributed by atoms with Gasteiger partial charge < -0.3 is 23.8 Å². The van der Waals surface area contributed by atoms with Gasteiger partial charge in [-0.15, -0.1) is 0 Å². The van der Waals surface area contributed by atoms with Crippen LogP contribution in [0.25, 0.3) is 28.2 Å². The van der Waals surface area contributed by atoms with Crippen LogP contribution in [-0.2, 0) is 27.2 Å². The van der Waals surface area contributed by atoms with Crippen LogP contribution in [0.15, 0.2) is 37.0 Å². The number of hydrogen-bond donors (Lipinski definition) is 2. The molecule has 2 aliphatic rings. The number of rotatable bonds is 11. The molecule has 2 atom stereocenters. The topological polar surface area (TPSA) is 83.9 Å². The van der Waals surface area contributed by atoms with Crippen LogP contribution in [0.4, 0.5) is 5.69 Å². The molecule has 9 heteroatoms. The van der Waals surface area contributed by atoms with Crippen LogP contribution in [0.3, 0.4) is 0 Å². The number of aromatic nitrogens is 2. The van der Waals surface area contributed by atoms with E-state index in [1.165, 1.54) is 16.5 Å². The highest BCUT2D eigenvalue weighted by Crippen LogP contribution is 2.42. The first-order valence-electron chi connectivity index (χ1n) is 16.0. The molecule has 2 saturated heterocycles. The van der Waals surface area contributed by atoms with Crippen molar-refractivity contribution in [3.63, 3.8) is 0 Å². The van der Waals surface area contributed by atoms with E-state index < -0.39 is 0 Å². The van der Waals surface area contributed by atoms with Gasteiger partial charge in [0.2, 0.25) is 0 Å². The molecule has 1 aromatic carbocycles. The Kier molecular flexibility index (Phi) is 10.1. The summed E-state index contributed by atoms with van der Waals surface area (Å²) in [4.78, 5) is 22.8. The van der Waals surface area contributed by atoms with E-state index >= 15 is 0 Å². The molecular weight excluding hydrogens is 552 g/mol. The Morgan fingerprint density at radius 3 is 2.66 bits per heavy atom. The number of nitrogens with zero attached hydrogens (tertiary/aromatic N) is 4. The second kappa shape index (κ2) is 13.8. The van der Waals surface area contributed by atoms with Crippen LogP contribution in [-0.4, -0.2) is 80.0 Å². The van der Waals surface area contributed by atoms with Crippen molar-refractivity contribution in [2.24, 2.45) is 5.41 Å². The van der Waals surface area contributed by atoms with Gasteiger partial charge in [0.25, 0.3) is 0 Å². The summed E-state index contributed by atoms with van der Waals surface area (Å²) in [6.07, 6.45) is 6.17. The standard InChI is InChI=1S/C35H50N6O3/c1-8-25-12-13-31-27(19-25)29(21-35(4,5)23-44-34(42)30-11-10-14-37-38-30)33(41(31)9-2)28-20-26(22-36-32(28)24(3)43-7)40-17-15-39(6)16-18-40/h8,12-13,19-20,22,24,30,37-38H,1,9-11,14-18,21,23H2,2-7H3/t24-,30?/m0/s1. The highest BCUT2D eigenvalue weighted by molar-refractivity contribution is 5.94. The first-order valence-corrected chi connectivity index (χ1v) is 16.0. The van der Waals surface area contributed by atoms with Crippen LogP contribution >= 0.6 is 0 Å². The Labute approximate surface area is 262 Å². The average molecular weight is 603 g/mol. The summed E-state index contributed by atoms with van der Waals surface area (Å²) >= 11 is 0. The van der Waals surface area contributed by atoms with E-state index in [2.05, 4.69) is 90.8 Å². The van der Waals surface area contributed by atoms with Crippen molar-refractivity contribution in [2.45, 2.75) is 65.6 Å². The van der Waals surface area contributed by atoms with Gasteiger partial charge in [0.05, 0.1) is 36.0 Å². The van der Waals surface area contributed by atoms with Gasteiger partial charge in [0.15, 0.2) is 0 Å². The number of likely N-dealkylation sites (N-methyl/N-ethyl adjacent to an activating group) is 1.